The van der Waals surface area contributed by atoms with Gasteiger partial charge in [-0.25, -0.2) is 8.42 Å². The SMILES string of the molecule is CNC(=O)c1ccc(CN(C(=O)c2cccc(S(C)(=O)=O)c2)C2CC2)cc1. The van der Waals surface area contributed by atoms with Crippen LogP contribution in [-0.4, -0.2) is 44.5 Å². The first-order valence-corrected chi connectivity index (χ1v) is 10.6. The van der Waals surface area contributed by atoms with Crippen molar-refractivity contribution in [2.24, 2.45) is 0 Å². The van der Waals surface area contributed by atoms with Gasteiger partial charge < -0.3 is 10.2 Å². The molecule has 27 heavy (non-hydrogen) atoms. The maximum absolute atomic E-state index is 13.0. The Balaban J connectivity index is 1.82. The molecule has 0 radical (unpaired) electrons. The number of carbonyl (C=O) groups is 2. The molecule has 7 heteroatoms. The lowest BCUT2D eigenvalue weighted by atomic mass is 10.1. The monoisotopic (exact) mass is 386 g/mol. The van der Waals surface area contributed by atoms with E-state index < -0.39 is 9.84 Å². The van der Waals surface area contributed by atoms with Crippen LogP contribution in [0.4, 0.5) is 0 Å². The van der Waals surface area contributed by atoms with Gasteiger partial charge in [-0.2, -0.15) is 0 Å². The fourth-order valence-electron chi connectivity index (χ4n) is 2.88. The van der Waals surface area contributed by atoms with Crippen LogP contribution < -0.4 is 5.32 Å². The highest BCUT2D eigenvalue weighted by molar-refractivity contribution is 7.90. The van der Waals surface area contributed by atoms with Gasteiger partial charge in [0.15, 0.2) is 9.84 Å². The number of sulfone groups is 1. The Morgan fingerprint density at radius 3 is 2.30 bits per heavy atom. The van der Waals surface area contributed by atoms with Crippen LogP contribution in [0.1, 0.15) is 39.1 Å². The summed E-state index contributed by atoms with van der Waals surface area (Å²) in [5, 5.41) is 2.57. The molecule has 1 aliphatic carbocycles. The summed E-state index contributed by atoms with van der Waals surface area (Å²) in [6.45, 7) is 0.417. The first kappa shape index (κ1) is 19.1. The summed E-state index contributed by atoms with van der Waals surface area (Å²) in [7, 11) is -1.79. The van der Waals surface area contributed by atoms with Crippen LogP contribution in [0.15, 0.2) is 53.4 Å². The average molecular weight is 386 g/mol. The highest BCUT2D eigenvalue weighted by Crippen LogP contribution is 2.30. The molecule has 1 N–H and O–H groups in total. The van der Waals surface area contributed by atoms with E-state index in [9.17, 15) is 18.0 Å². The van der Waals surface area contributed by atoms with Gasteiger partial charge in [0.05, 0.1) is 4.90 Å². The molecule has 0 bridgehead atoms. The quantitative estimate of drug-likeness (QED) is 0.825. The van der Waals surface area contributed by atoms with Crippen LogP contribution in [-0.2, 0) is 16.4 Å². The smallest absolute Gasteiger partial charge is 0.254 e. The van der Waals surface area contributed by atoms with E-state index in [1.807, 2.05) is 12.1 Å². The van der Waals surface area contributed by atoms with E-state index in [0.717, 1.165) is 24.7 Å². The Kier molecular flexibility index (Phi) is 5.32. The van der Waals surface area contributed by atoms with Crippen LogP contribution >= 0.6 is 0 Å². The summed E-state index contributed by atoms with van der Waals surface area (Å²) in [5.74, 6) is -0.340. The third-order valence-corrected chi connectivity index (χ3v) is 5.66. The van der Waals surface area contributed by atoms with Gasteiger partial charge in [-0.15, -0.1) is 0 Å². The maximum Gasteiger partial charge on any atom is 0.254 e. The molecule has 0 aromatic heterocycles. The van der Waals surface area contributed by atoms with Gasteiger partial charge in [0.1, 0.15) is 0 Å². The van der Waals surface area contributed by atoms with E-state index in [2.05, 4.69) is 5.32 Å². The Bertz CT molecular complexity index is 964. The normalized spacial score (nSPS) is 13.9. The van der Waals surface area contributed by atoms with E-state index in [1.165, 1.54) is 12.1 Å². The molecule has 3 rings (SSSR count). The Morgan fingerprint density at radius 2 is 1.74 bits per heavy atom. The summed E-state index contributed by atoms with van der Waals surface area (Å²) in [6, 6.07) is 13.4. The largest absolute Gasteiger partial charge is 0.355 e. The third kappa shape index (κ3) is 4.54. The van der Waals surface area contributed by atoms with Crippen LogP contribution in [0.5, 0.6) is 0 Å². The highest BCUT2D eigenvalue weighted by atomic mass is 32.2. The molecule has 6 nitrogen and oxygen atoms in total. The summed E-state index contributed by atoms with van der Waals surface area (Å²) in [6.07, 6.45) is 3.00. The molecule has 2 aromatic rings. The molecular formula is C20H22N2O4S. The van der Waals surface area contributed by atoms with Crippen LogP contribution in [0, 0.1) is 0 Å². The predicted octanol–water partition coefficient (Wildman–Crippen LogP) is 2.25. The topological polar surface area (TPSA) is 83.6 Å². The molecule has 0 saturated heterocycles. The lowest BCUT2D eigenvalue weighted by Gasteiger charge is -2.23. The first-order valence-electron chi connectivity index (χ1n) is 8.71. The van der Waals surface area contributed by atoms with Gasteiger partial charge in [0.25, 0.3) is 11.8 Å². The lowest BCUT2D eigenvalue weighted by Crippen LogP contribution is -2.32. The first-order chi connectivity index (χ1) is 12.8. The van der Waals surface area contributed by atoms with E-state index in [4.69, 9.17) is 0 Å². The van der Waals surface area contributed by atoms with Crippen molar-refractivity contribution in [2.75, 3.05) is 13.3 Å². The minimum absolute atomic E-state index is 0.138. The van der Waals surface area contributed by atoms with Gasteiger partial charge in [-0.1, -0.05) is 18.2 Å². The summed E-state index contributed by atoms with van der Waals surface area (Å²) >= 11 is 0. The molecule has 0 aliphatic heterocycles. The summed E-state index contributed by atoms with van der Waals surface area (Å²) < 4.78 is 23.5. The fourth-order valence-corrected chi connectivity index (χ4v) is 3.55. The number of carbonyl (C=O) groups excluding carboxylic acids is 2. The Morgan fingerprint density at radius 1 is 1.07 bits per heavy atom. The minimum atomic E-state index is -3.37. The van der Waals surface area contributed by atoms with Gasteiger partial charge in [-0.05, 0) is 48.7 Å². The van der Waals surface area contributed by atoms with Crippen molar-refractivity contribution in [1.82, 2.24) is 10.2 Å². The molecule has 1 fully saturated rings. The molecule has 0 unspecified atom stereocenters. The number of amides is 2. The Hall–Kier alpha value is -2.67. The zero-order valence-electron chi connectivity index (χ0n) is 15.3. The van der Waals surface area contributed by atoms with Crippen LogP contribution in [0.3, 0.4) is 0 Å². The van der Waals surface area contributed by atoms with E-state index >= 15 is 0 Å². The van der Waals surface area contributed by atoms with Crippen molar-refractivity contribution < 1.29 is 18.0 Å². The summed E-state index contributed by atoms with van der Waals surface area (Å²) in [5.41, 5.74) is 1.85. The third-order valence-electron chi connectivity index (χ3n) is 4.55. The van der Waals surface area contributed by atoms with Crippen molar-refractivity contribution in [1.29, 1.82) is 0 Å². The number of rotatable bonds is 6. The van der Waals surface area contributed by atoms with Gasteiger partial charge >= 0.3 is 0 Å². The standard InChI is InChI=1S/C20H22N2O4S/c1-21-19(23)15-8-6-14(7-9-15)13-22(17-10-11-17)20(24)16-4-3-5-18(12-16)27(2,25)26/h3-9,12,17H,10-11,13H2,1-2H3,(H,21,23). The van der Waals surface area contributed by atoms with E-state index in [-0.39, 0.29) is 22.8 Å². The van der Waals surface area contributed by atoms with Crippen molar-refractivity contribution in [3.8, 4) is 0 Å². The second-order valence-electron chi connectivity index (χ2n) is 6.74. The predicted molar refractivity (Wildman–Crippen MR) is 102 cm³/mol. The maximum atomic E-state index is 13.0. The van der Waals surface area contributed by atoms with Crippen molar-refractivity contribution >= 4 is 21.7 Å². The molecule has 142 valence electrons. The lowest BCUT2D eigenvalue weighted by molar-refractivity contribution is 0.0729. The van der Waals surface area contributed by atoms with E-state index in [0.29, 0.717) is 17.7 Å². The van der Waals surface area contributed by atoms with Crippen molar-refractivity contribution in [2.45, 2.75) is 30.3 Å². The minimum Gasteiger partial charge on any atom is -0.355 e. The van der Waals surface area contributed by atoms with Crippen molar-refractivity contribution in [3.05, 3.63) is 65.2 Å². The average Bonchev–Trinajstić information content (AvgIpc) is 3.50. The summed E-state index contributed by atoms with van der Waals surface area (Å²) in [4.78, 5) is 26.6. The number of nitrogens with zero attached hydrogens (tertiary/aromatic N) is 1. The molecule has 0 spiro atoms. The fraction of sp³-hybridized carbons (Fsp3) is 0.300. The van der Waals surface area contributed by atoms with Gasteiger partial charge in [-0.3, -0.25) is 9.59 Å². The highest BCUT2D eigenvalue weighted by Gasteiger charge is 2.33. The number of nitrogens with one attached hydrogen (secondary N) is 1. The van der Waals surface area contributed by atoms with E-state index in [1.54, 1.807) is 36.2 Å². The second kappa shape index (κ2) is 7.52. The molecule has 2 amide bonds. The number of hydrogen-bond donors (Lipinski definition) is 1. The second-order valence-corrected chi connectivity index (χ2v) is 8.76. The van der Waals surface area contributed by atoms with Crippen LogP contribution in [0.2, 0.25) is 0 Å². The number of benzene rings is 2. The van der Waals surface area contributed by atoms with Crippen LogP contribution in [0.25, 0.3) is 0 Å². The van der Waals surface area contributed by atoms with Gasteiger partial charge in [0, 0.05) is 37.0 Å². The molecule has 0 heterocycles. The molecule has 2 aromatic carbocycles. The molecular weight excluding hydrogens is 364 g/mol. The molecule has 1 aliphatic rings. The van der Waals surface area contributed by atoms with Gasteiger partial charge in [0.2, 0.25) is 0 Å². The zero-order chi connectivity index (χ0) is 19.6. The van der Waals surface area contributed by atoms with Crippen molar-refractivity contribution in [3.63, 3.8) is 0 Å². The molecule has 1 saturated carbocycles. The number of hydrogen-bond acceptors (Lipinski definition) is 4. The Labute approximate surface area is 159 Å². The molecule has 0 atom stereocenters. The zero-order valence-corrected chi connectivity index (χ0v) is 16.1.